The predicted octanol–water partition coefficient (Wildman–Crippen LogP) is 3.38. The van der Waals surface area contributed by atoms with Crippen molar-refractivity contribution in [1.82, 2.24) is 5.32 Å². The van der Waals surface area contributed by atoms with Crippen molar-refractivity contribution in [2.45, 2.75) is 44.6 Å². The number of thioether (sulfide) groups is 1. The zero-order valence-electron chi connectivity index (χ0n) is 15.5. The molecular formula is C18H27NO5S. The van der Waals surface area contributed by atoms with Crippen LogP contribution in [0.1, 0.15) is 32.8 Å². The van der Waals surface area contributed by atoms with Crippen molar-refractivity contribution in [3.05, 3.63) is 29.8 Å². The van der Waals surface area contributed by atoms with Crippen molar-refractivity contribution >= 4 is 23.8 Å². The minimum Gasteiger partial charge on any atom is -0.497 e. The van der Waals surface area contributed by atoms with Crippen LogP contribution >= 0.6 is 11.8 Å². The third kappa shape index (κ3) is 9.24. The molecule has 0 aromatic heterocycles. The number of rotatable bonds is 8. The van der Waals surface area contributed by atoms with Crippen LogP contribution < -0.4 is 10.1 Å². The van der Waals surface area contributed by atoms with E-state index >= 15 is 0 Å². The quantitative estimate of drug-likeness (QED) is 0.708. The van der Waals surface area contributed by atoms with Crippen molar-refractivity contribution < 1.29 is 23.8 Å². The second-order valence-electron chi connectivity index (χ2n) is 6.49. The molecule has 0 radical (unpaired) electrons. The number of esters is 1. The summed E-state index contributed by atoms with van der Waals surface area (Å²) in [4.78, 5) is 23.5. The monoisotopic (exact) mass is 369 g/mol. The molecule has 1 rings (SSSR count). The number of benzene rings is 1. The Balaban J connectivity index is 2.54. The number of nitrogens with one attached hydrogen (secondary N) is 1. The summed E-state index contributed by atoms with van der Waals surface area (Å²) < 4.78 is 15.1. The molecule has 140 valence electrons. The smallest absolute Gasteiger partial charge is 0.407 e. The van der Waals surface area contributed by atoms with E-state index < -0.39 is 11.7 Å². The molecule has 0 fully saturated rings. The van der Waals surface area contributed by atoms with Crippen LogP contribution in [0.5, 0.6) is 5.75 Å². The summed E-state index contributed by atoms with van der Waals surface area (Å²) in [5.41, 5.74) is 0.552. The minimum absolute atomic E-state index is 0.103. The largest absolute Gasteiger partial charge is 0.497 e. The molecule has 0 saturated carbocycles. The number of ether oxygens (including phenoxy) is 3. The molecule has 25 heavy (non-hydrogen) atoms. The Kier molecular flexibility index (Phi) is 8.61. The third-order valence-electron chi connectivity index (χ3n) is 3.11. The molecule has 1 amide bonds. The molecule has 0 saturated heterocycles. The van der Waals surface area contributed by atoms with Crippen molar-refractivity contribution in [2.24, 2.45) is 0 Å². The van der Waals surface area contributed by atoms with Gasteiger partial charge in [-0.3, -0.25) is 4.79 Å². The molecule has 0 bridgehead atoms. The van der Waals surface area contributed by atoms with Crippen LogP contribution in [-0.4, -0.2) is 43.7 Å². The molecular weight excluding hydrogens is 342 g/mol. The van der Waals surface area contributed by atoms with Gasteiger partial charge in [0.15, 0.2) is 0 Å². The van der Waals surface area contributed by atoms with Gasteiger partial charge in [0.1, 0.15) is 11.4 Å². The van der Waals surface area contributed by atoms with Gasteiger partial charge in [-0.15, -0.1) is 0 Å². The standard InChI is InChI=1S/C18H27NO5S/c1-18(2,3)24-17(21)19-14(10-16(20)23-5)12-25-11-13-6-8-15(22-4)9-7-13/h6-9,14H,10-12H2,1-5H3,(H,19,21)/t14-/m1/s1. The van der Waals surface area contributed by atoms with Gasteiger partial charge >= 0.3 is 12.1 Å². The highest BCUT2D eigenvalue weighted by atomic mass is 32.2. The fraction of sp³-hybridized carbons (Fsp3) is 0.556. The molecule has 0 aliphatic heterocycles. The van der Waals surface area contributed by atoms with Gasteiger partial charge in [0.2, 0.25) is 0 Å². The van der Waals surface area contributed by atoms with E-state index in [4.69, 9.17) is 14.2 Å². The average molecular weight is 369 g/mol. The second kappa shape index (κ2) is 10.2. The summed E-state index contributed by atoms with van der Waals surface area (Å²) in [6.07, 6.45) is -0.433. The van der Waals surface area contributed by atoms with E-state index in [-0.39, 0.29) is 18.4 Å². The first-order chi connectivity index (χ1) is 11.7. The van der Waals surface area contributed by atoms with E-state index in [1.165, 1.54) is 7.11 Å². The molecule has 0 spiro atoms. The van der Waals surface area contributed by atoms with Gasteiger partial charge in [-0.1, -0.05) is 12.1 Å². The average Bonchev–Trinajstić information content (AvgIpc) is 2.53. The van der Waals surface area contributed by atoms with Crippen LogP contribution in [-0.2, 0) is 20.0 Å². The normalized spacial score (nSPS) is 12.2. The van der Waals surface area contributed by atoms with Crippen LogP contribution in [0.3, 0.4) is 0 Å². The van der Waals surface area contributed by atoms with E-state index in [0.29, 0.717) is 5.75 Å². The minimum atomic E-state index is -0.587. The lowest BCUT2D eigenvalue weighted by Gasteiger charge is -2.23. The first-order valence-electron chi connectivity index (χ1n) is 8.00. The number of methoxy groups -OCH3 is 2. The Morgan fingerprint density at radius 3 is 2.32 bits per heavy atom. The van der Waals surface area contributed by atoms with Gasteiger partial charge in [0.05, 0.1) is 26.7 Å². The summed E-state index contributed by atoms with van der Waals surface area (Å²) in [6, 6.07) is 7.43. The fourth-order valence-electron chi connectivity index (χ4n) is 1.95. The lowest BCUT2D eigenvalue weighted by atomic mass is 10.2. The Morgan fingerprint density at radius 1 is 1.16 bits per heavy atom. The van der Waals surface area contributed by atoms with Gasteiger partial charge in [0, 0.05) is 11.5 Å². The maximum Gasteiger partial charge on any atom is 0.407 e. The molecule has 1 aromatic carbocycles. The lowest BCUT2D eigenvalue weighted by molar-refractivity contribution is -0.141. The summed E-state index contributed by atoms with van der Waals surface area (Å²) in [5.74, 6) is 1.77. The van der Waals surface area contributed by atoms with E-state index in [2.05, 4.69) is 5.32 Å². The molecule has 6 nitrogen and oxygen atoms in total. The molecule has 7 heteroatoms. The van der Waals surface area contributed by atoms with Crippen molar-refractivity contribution in [3.63, 3.8) is 0 Å². The molecule has 1 aromatic rings. The van der Waals surface area contributed by atoms with Gasteiger partial charge in [-0.05, 0) is 38.5 Å². The number of alkyl carbamates (subject to hydrolysis) is 1. The van der Waals surface area contributed by atoms with Crippen molar-refractivity contribution in [3.8, 4) is 5.75 Å². The Hall–Kier alpha value is -1.89. The van der Waals surface area contributed by atoms with Crippen LogP contribution in [0.25, 0.3) is 0 Å². The molecule has 0 aliphatic rings. The van der Waals surface area contributed by atoms with Crippen LogP contribution in [0.2, 0.25) is 0 Å². The highest BCUT2D eigenvalue weighted by molar-refractivity contribution is 7.98. The number of hydrogen-bond acceptors (Lipinski definition) is 6. The van der Waals surface area contributed by atoms with Gasteiger partial charge in [-0.25, -0.2) is 4.79 Å². The maximum atomic E-state index is 11.9. The van der Waals surface area contributed by atoms with E-state index in [0.717, 1.165) is 17.1 Å². The molecule has 0 heterocycles. The van der Waals surface area contributed by atoms with Crippen molar-refractivity contribution in [1.29, 1.82) is 0 Å². The summed E-state index contributed by atoms with van der Waals surface area (Å²) in [7, 11) is 2.96. The first kappa shape index (κ1) is 21.2. The molecule has 1 N–H and O–H groups in total. The first-order valence-corrected chi connectivity index (χ1v) is 9.16. The summed E-state index contributed by atoms with van der Waals surface area (Å²) in [6.45, 7) is 5.38. The SMILES string of the molecule is COC(=O)C[C@H](CSCc1ccc(OC)cc1)NC(=O)OC(C)(C)C. The molecule has 1 atom stereocenters. The van der Waals surface area contributed by atoms with Gasteiger partial charge in [-0.2, -0.15) is 11.8 Å². The second-order valence-corrected chi connectivity index (χ2v) is 7.52. The zero-order valence-corrected chi connectivity index (χ0v) is 16.3. The summed E-state index contributed by atoms with van der Waals surface area (Å²) in [5, 5.41) is 2.74. The lowest BCUT2D eigenvalue weighted by Crippen LogP contribution is -2.41. The van der Waals surface area contributed by atoms with Crippen molar-refractivity contribution in [2.75, 3.05) is 20.0 Å². The third-order valence-corrected chi connectivity index (χ3v) is 4.28. The maximum absolute atomic E-state index is 11.9. The topological polar surface area (TPSA) is 73.9 Å². The zero-order chi connectivity index (χ0) is 18.9. The van der Waals surface area contributed by atoms with Crippen LogP contribution in [0.15, 0.2) is 24.3 Å². The van der Waals surface area contributed by atoms with Crippen LogP contribution in [0, 0.1) is 0 Å². The Labute approximate surface area is 153 Å². The molecule has 0 aliphatic carbocycles. The Bertz CT molecular complexity index is 554. The van der Waals surface area contributed by atoms with Gasteiger partial charge < -0.3 is 19.5 Å². The highest BCUT2D eigenvalue weighted by Gasteiger charge is 2.21. The number of amides is 1. The summed E-state index contributed by atoms with van der Waals surface area (Å²) >= 11 is 1.62. The number of carbonyl (C=O) groups is 2. The fourth-order valence-corrected chi connectivity index (χ4v) is 2.98. The van der Waals surface area contributed by atoms with Crippen LogP contribution in [0.4, 0.5) is 4.79 Å². The Morgan fingerprint density at radius 2 is 1.80 bits per heavy atom. The molecule has 0 unspecified atom stereocenters. The highest BCUT2D eigenvalue weighted by Crippen LogP contribution is 2.18. The van der Waals surface area contributed by atoms with Gasteiger partial charge in [0.25, 0.3) is 0 Å². The predicted molar refractivity (Wildman–Crippen MR) is 98.9 cm³/mol. The van der Waals surface area contributed by atoms with E-state index in [9.17, 15) is 9.59 Å². The van der Waals surface area contributed by atoms with E-state index in [1.54, 1.807) is 39.6 Å². The van der Waals surface area contributed by atoms with E-state index in [1.807, 2.05) is 24.3 Å². The number of carbonyl (C=O) groups excluding carboxylic acids is 2. The number of hydrogen-bond donors (Lipinski definition) is 1.